The Kier molecular flexibility index (Phi) is 4.27. The SMILES string of the molecule is O=Cc1ccc([N+](=O)[O-])c(OCc2ccncc2Cl)c1. The minimum Gasteiger partial charge on any atom is -0.482 e. The molecule has 0 unspecified atom stereocenters. The van der Waals surface area contributed by atoms with Crippen molar-refractivity contribution in [3.8, 4) is 5.75 Å². The predicted molar refractivity (Wildman–Crippen MR) is 72.1 cm³/mol. The second kappa shape index (κ2) is 6.12. The van der Waals surface area contributed by atoms with Gasteiger partial charge in [0.05, 0.1) is 9.95 Å². The highest BCUT2D eigenvalue weighted by atomic mass is 35.5. The molecule has 0 bridgehead atoms. The Labute approximate surface area is 119 Å². The number of ether oxygens (including phenoxy) is 1. The largest absolute Gasteiger partial charge is 0.482 e. The Morgan fingerprint density at radius 1 is 1.40 bits per heavy atom. The summed E-state index contributed by atoms with van der Waals surface area (Å²) >= 11 is 5.92. The quantitative estimate of drug-likeness (QED) is 0.480. The molecule has 1 heterocycles. The summed E-state index contributed by atoms with van der Waals surface area (Å²) in [5.74, 6) is 0.0208. The van der Waals surface area contributed by atoms with Gasteiger partial charge in [-0.3, -0.25) is 19.9 Å². The van der Waals surface area contributed by atoms with E-state index in [2.05, 4.69) is 4.98 Å². The first-order chi connectivity index (χ1) is 9.61. The summed E-state index contributed by atoms with van der Waals surface area (Å²) in [6, 6.07) is 5.56. The van der Waals surface area contributed by atoms with E-state index in [1.54, 1.807) is 12.3 Å². The maximum atomic E-state index is 10.9. The highest BCUT2D eigenvalue weighted by Crippen LogP contribution is 2.28. The fourth-order valence-corrected chi connectivity index (χ4v) is 1.72. The molecule has 0 amide bonds. The van der Waals surface area contributed by atoms with Gasteiger partial charge in [-0.1, -0.05) is 11.6 Å². The molecule has 0 fully saturated rings. The van der Waals surface area contributed by atoms with E-state index in [9.17, 15) is 14.9 Å². The van der Waals surface area contributed by atoms with Gasteiger partial charge in [-0.2, -0.15) is 0 Å². The van der Waals surface area contributed by atoms with Gasteiger partial charge >= 0.3 is 5.69 Å². The van der Waals surface area contributed by atoms with E-state index < -0.39 is 4.92 Å². The van der Waals surface area contributed by atoms with Gasteiger partial charge in [0.15, 0.2) is 5.75 Å². The summed E-state index contributed by atoms with van der Waals surface area (Å²) in [4.78, 5) is 24.9. The number of nitro groups is 1. The second-order valence-electron chi connectivity index (χ2n) is 3.86. The van der Waals surface area contributed by atoms with Crippen molar-refractivity contribution in [2.24, 2.45) is 0 Å². The number of nitro benzene ring substituents is 1. The Morgan fingerprint density at radius 3 is 2.85 bits per heavy atom. The van der Waals surface area contributed by atoms with Crippen LogP contribution < -0.4 is 4.74 Å². The molecule has 0 atom stereocenters. The van der Waals surface area contributed by atoms with Crippen LogP contribution in [0.3, 0.4) is 0 Å². The van der Waals surface area contributed by atoms with E-state index in [-0.39, 0.29) is 18.0 Å². The molecule has 1 aromatic carbocycles. The third-order valence-corrected chi connectivity index (χ3v) is 2.90. The van der Waals surface area contributed by atoms with Gasteiger partial charge < -0.3 is 4.74 Å². The molecule has 0 aliphatic heterocycles. The van der Waals surface area contributed by atoms with Crippen molar-refractivity contribution in [2.75, 3.05) is 0 Å². The van der Waals surface area contributed by atoms with Crippen molar-refractivity contribution >= 4 is 23.6 Å². The van der Waals surface area contributed by atoms with Crippen molar-refractivity contribution in [3.63, 3.8) is 0 Å². The molecule has 2 aromatic rings. The van der Waals surface area contributed by atoms with Crippen LogP contribution in [0.5, 0.6) is 5.75 Å². The van der Waals surface area contributed by atoms with Crippen molar-refractivity contribution in [2.45, 2.75) is 6.61 Å². The molecule has 0 spiro atoms. The lowest BCUT2D eigenvalue weighted by atomic mass is 10.2. The number of carbonyl (C=O) groups excluding carboxylic acids is 1. The summed E-state index contributed by atoms with van der Waals surface area (Å²) in [7, 11) is 0. The van der Waals surface area contributed by atoms with E-state index in [4.69, 9.17) is 16.3 Å². The van der Waals surface area contributed by atoms with Gasteiger partial charge in [0.1, 0.15) is 12.9 Å². The van der Waals surface area contributed by atoms with Crippen molar-refractivity contribution < 1.29 is 14.5 Å². The molecular formula is C13H9ClN2O4. The van der Waals surface area contributed by atoms with Gasteiger partial charge in [-0.05, 0) is 18.2 Å². The summed E-state index contributed by atoms with van der Waals surface area (Å²) in [6.07, 6.45) is 3.59. The number of rotatable bonds is 5. The number of nitrogens with zero attached hydrogens (tertiary/aromatic N) is 2. The molecule has 0 radical (unpaired) electrons. The zero-order valence-corrected chi connectivity index (χ0v) is 10.9. The summed E-state index contributed by atoms with van der Waals surface area (Å²) in [5, 5.41) is 11.3. The number of benzene rings is 1. The molecule has 0 aliphatic rings. The van der Waals surface area contributed by atoms with Crippen molar-refractivity contribution in [1.29, 1.82) is 0 Å². The Balaban J connectivity index is 2.26. The zero-order valence-electron chi connectivity index (χ0n) is 10.2. The number of carbonyl (C=O) groups is 1. The number of halogens is 1. The highest BCUT2D eigenvalue weighted by Gasteiger charge is 2.16. The fourth-order valence-electron chi connectivity index (χ4n) is 1.55. The third kappa shape index (κ3) is 3.10. The van der Waals surface area contributed by atoms with Crippen LogP contribution in [0.15, 0.2) is 36.7 Å². The zero-order chi connectivity index (χ0) is 14.5. The third-order valence-electron chi connectivity index (χ3n) is 2.56. The standard InChI is InChI=1S/C13H9ClN2O4/c14-11-6-15-4-3-10(11)8-20-13-5-9(7-17)1-2-12(13)16(18)19/h1-7H,8H2. The Morgan fingerprint density at radius 2 is 2.20 bits per heavy atom. The topological polar surface area (TPSA) is 82.3 Å². The van der Waals surface area contributed by atoms with Gasteiger partial charge in [0.25, 0.3) is 0 Å². The Bertz CT molecular complexity index is 661. The maximum absolute atomic E-state index is 10.9. The van der Waals surface area contributed by atoms with E-state index >= 15 is 0 Å². The molecule has 7 heteroatoms. The number of aromatic nitrogens is 1. The average Bonchev–Trinajstić information content (AvgIpc) is 2.46. The van der Waals surface area contributed by atoms with E-state index in [1.807, 2.05) is 0 Å². The van der Waals surface area contributed by atoms with Crippen LogP contribution in [0.4, 0.5) is 5.69 Å². The minimum atomic E-state index is -0.571. The van der Waals surface area contributed by atoms with Gasteiger partial charge in [-0.15, -0.1) is 0 Å². The van der Waals surface area contributed by atoms with Gasteiger partial charge in [-0.25, -0.2) is 0 Å². The molecular weight excluding hydrogens is 284 g/mol. The first-order valence-corrected chi connectivity index (χ1v) is 5.94. The van der Waals surface area contributed by atoms with Crippen LogP contribution in [0.25, 0.3) is 0 Å². The van der Waals surface area contributed by atoms with Crippen LogP contribution in [-0.4, -0.2) is 16.2 Å². The average molecular weight is 293 g/mol. The number of pyridine rings is 1. The number of hydrogen-bond donors (Lipinski definition) is 0. The van der Waals surface area contributed by atoms with Crippen LogP contribution in [0, 0.1) is 10.1 Å². The summed E-state index contributed by atoms with van der Waals surface area (Å²) < 4.78 is 5.40. The van der Waals surface area contributed by atoms with E-state index in [0.29, 0.717) is 22.4 Å². The minimum absolute atomic E-state index is 0.0208. The number of aldehydes is 1. The molecule has 2 rings (SSSR count). The molecule has 0 saturated heterocycles. The van der Waals surface area contributed by atoms with Crippen LogP contribution in [-0.2, 0) is 6.61 Å². The lowest BCUT2D eigenvalue weighted by molar-refractivity contribution is -0.385. The van der Waals surface area contributed by atoms with Crippen molar-refractivity contribution in [1.82, 2.24) is 4.98 Å². The fraction of sp³-hybridized carbons (Fsp3) is 0.0769. The normalized spacial score (nSPS) is 10.1. The van der Waals surface area contributed by atoms with Crippen LogP contribution >= 0.6 is 11.6 Å². The second-order valence-corrected chi connectivity index (χ2v) is 4.27. The molecule has 1 aromatic heterocycles. The molecule has 0 N–H and O–H groups in total. The molecule has 6 nitrogen and oxygen atoms in total. The van der Waals surface area contributed by atoms with Crippen LogP contribution in [0.2, 0.25) is 5.02 Å². The lowest BCUT2D eigenvalue weighted by Gasteiger charge is -2.08. The highest BCUT2D eigenvalue weighted by molar-refractivity contribution is 6.31. The summed E-state index contributed by atoms with van der Waals surface area (Å²) in [5.41, 5.74) is 0.736. The number of hydrogen-bond acceptors (Lipinski definition) is 5. The molecule has 102 valence electrons. The first kappa shape index (κ1) is 14.0. The Hall–Kier alpha value is -2.47. The van der Waals surface area contributed by atoms with Crippen LogP contribution in [0.1, 0.15) is 15.9 Å². The smallest absolute Gasteiger partial charge is 0.310 e. The molecule has 20 heavy (non-hydrogen) atoms. The predicted octanol–water partition coefficient (Wildman–Crippen LogP) is 3.03. The summed E-state index contributed by atoms with van der Waals surface area (Å²) in [6.45, 7) is 0.0461. The van der Waals surface area contributed by atoms with Gasteiger partial charge in [0.2, 0.25) is 0 Å². The van der Waals surface area contributed by atoms with Crippen molar-refractivity contribution in [3.05, 3.63) is 62.9 Å². The first-order valence-electron chi connectivity index (χ1n) is 5.56. The lowest BCUT2D eigenvalue weighted by Crippen LogP contribution is -2.00. The van der Waals surface area contributed by atoms with Gasteiger partial charge in [0, 0.05) is 29.6 Å². The molecule has 0 saturated carbocycles. The monoisotopic (exact) mass is 292 g/mol. The maximum Gasteiger partial charge on any atom is 0.310 e. The van der Waals surface area contributed by atoms with E-state index in [1.165, 1.54) is 24.4 Å². The van der Waals surface area contributed by atoms with E-state index in [0.717, 1.165) is 0 Å². The molecule has 0 aliphatic carbocycles.